The summed E-state index contributed by atoms with van der Waals surface area (Å²) >= 11 is 0. The fourth-order valence-electron chi connectivity index (χ4n) is 10.5. The van der Waals surface area contributed by atoms with E-state index in [1.807, 2.05) is 24.3 Å². The molecule has 0 aliphatic rings. The van der Waals surface area contributed by atoms with Gasteiger partial charge in [0.2, 0.25) is 0 Å². The van der Waals surface area contributed by atoms with Gasteiger partial charge in [-0.25, -0.2) is 0 Å². The van der Waals surface area contributed by atoms with Gasteiger partial charge in [0.25, 0.3) is 0 Å². The molecule has 0 fully saturated rings. The first kappa shape index (κ1) is 42.9. The first-order valence-corrected chi connectivity index (χ1v) is 24.9. The number of rotatable bonds is 11. The van der Waals surface area contributed by atoms with Crippen molar-refractivity contribution in [2.45, 2.75) is 19.8 Å². The molecule has 13 rings (SSSR count). The Kier molecular flexibility index (Phi) is 10.9. The van der Waals surface area contributed by atoms with Gasteiger partial charge in [-0.05, 0) is 158 Å². The summed E-state index contributed by atoms with van der Waals surface area (Å²) in [6, 6.07) is 92.0. The molecular formula is C69H49NO2. The largest absolute Gasteiger partial charge is 0.456 e. The van der Waals surface area contributed by atoms with Gasteiger partial charge in [-0.3, -0.25) is 0 Å². The Morgan fingerprint density at radius 2 is 0.625 bits per heavy atom. The van der Waals surface area contributed by atoms with Crippen LogP contribution in [0.1, 0.15) is 18.9 Å². The standard InChI is InChI=1S/C69H49NO2/c1-2-10-46-11-7-12-53(41-46)54-13-8-14-55(42-54)56-15-9-16-61(43-56)70(59-35-29-49(30-36-59)47-21-25-51(26-22-47)57-33-39-68-64(44-57)62-17-3-5-19-66(62)71-68)60-37-31-50(32-38-60)48-23-27-52(28-24-48)58-34-40-69-65(45-58)63-18-4-6-20-67(63)72-69/h3-9,11-45H,2,10H2,1H3. The SMILES string of the molecule is CCCc1cccc(-c2cccc(-c3cccc(N(c4ccc(-c5ccc(-c6ccc7oc8ccccc8c7c6)cc5)cc4)c4ccc(-c5ccc(-c6ccc7oc8ccccc8c7c6)cc5)cc4)c3)c2)c1. The second kappa shape index (κ2) is 18.3. The maximum atomic E-state index is 6.11. The molecule has 0 spiro atoms. The zero-order chi connectivity index (χ0) is 48.0. The molecule has 0 amide bonds. The monoisotopic (exact) mass is 923 g/mol. The average molecular weight is 924 g/mol. The third-order valence-electron chi connectivity index (χ3n) is 14.2. The molecule has 0 radical (unpaired) electrons. The molecule has 3 heteroatoms. The Balaban J connectivity index is 0.818. The fourth-order valence-corrected chi connectivity index (χ4v) is 10.5. The lowest BCUT2D eigenvalue weighted by Crippen LogP contribution is -2.10. The molecule has 11 aromatic carbocycles. The Morgan fingerprint density at radius 1 is 0.264 bits per heavy atom. The molecule has 342 valence electrons. The van der Waals surface area contributed by atoms with Gasteiger partial charge in [-0.2, -0.15) is 0 Å². The van der Waals surface area contributed by atoms with Crippen molar-refractivity contribution >= 4 is 60.9 Å². The number of furan rings is 2. The number of para-hydroxylation sites is 2. The second-order valence-electron chi connectivity index (χ2n) is 18.8. The van der Waals surface area contributed by atoms with Crippen LogP contribution in [0, 0.1) is 0 Å². The van der Waals surface area contributed by atoms with Crippen LogP contribution >= 0.6 is 0 Å². The highest BCUT2D eigenvalue weighted by atomic mass is 16.3. The summed E-state index contributed by atoms with van der Waals surface area (Å²) in [5.41, 5.74) is 22.4. The zero-order valence-electron chi connectivity index (χ0n) is 39.9. The highest BCUT2D eigenvalue weighted by Gasteiger charge is 2.16. The molecule has 0 N–H and O–H groups in total. The van der Waals surface area contributed by atoms with E-state index >= 15 is 0 Å². The van der Waals surface area contributed by atoms with Gasteiger partial charge in [0, 0.05) is 38.6 Å². The van der Waals surface area contributed by atoms with E-state index in [0.717, 1.165) is 90.5 Å². The van der Waals surface area contributed by atoms with E-state index in [1.54, 1.807) is 0 Å². The van der Waals surface area contributed by atoms with Crippen LogP contribution in [0.3, 0.4) is 0 Å². The number of hydrogen-bond donors (Lipinski definition) is 0. The molecule has 3 nitrogen and oxygen atoms in total. The van der Waals surface area contributed by atoms with Crippen molar-refractivity contribution in [1.82, 2.24) is 0 Å². The molecule has 0 atom stereocenters. The van der Waals surface area contributed by atoms with E-state index in [-0.39, 0.29) is 0 Å². The van der Waals surface area contributed by atoms with Gasteiger partial charge in [-0.1, -0.05) is 189 Å². The van der Waals surface area contributed by atoms with Crippen molar-refractivity contribution in [2.24, 2.45) is 0 Å². The summed E-state index contributed by atoms with van der Waals surface area (Å²) in [6.45, 7) is 2.24. The van der Waals surface area contributed by atoms with Gasteiger partial charge in [-0.15, -0.1) is 0 Å². The van der Waals surface area contributed by atoms with E-state index in [4.69, 9.17) is 8.83 Å². The molecule has 0 aliphatic heterocycles. The lowest BCUT2D eigenvalue weighted by Gasteiger charge is -2.26. The first-order chi connectivity index (χ1) is 35.6. The molecule has 0 unspecified atom stereocenters. The Bertz CT molecular complexity index is 3880. The number of benzene rings is 11. The third kappa shape index (κ3) is 8.11. The molecule has 0 saturated carbocycles. The van der Waals surface area contributed by atoms with Crippen LogP contribution in [-0.2, 0) is 6.42 Å². The number of hydrogen-bond acceptors (Lipinski definition) is 3. The molecule has 0 saturated heterocycles. The fraction of sp³-hybridized carbons (Fsp3) is 0.0435. The van der Waals surface area contributed by atoms with Crippen molar-refractivity contribution < 1.29 is 8.83 Å². The molecule has 0 bridgehead atoms. The van der Waals surface area contributed by atoms with E-state index < -0.39 is 0 Å². The molecule has 13 aromatic rings. The lowest BCUT2D eigenvalue weighted by atomic mass is 9.96. The van der Waals surface area contributed by atoms with Gasteiger partial charge in [0.05, 0.1) is 0 Å². The molecule has 2 heterocycles. The van der Waals surface area contributed by atoms with Gasteiger partial charge < -0.3 is 13.7 Å². The zero-order valence-corrected chi connectivity index (χ0v) is 39.9. The van der Waals surface area contributed by atoms with Gasteiger partial charge >= 0.3 is 0 Å². The van der Waals surface area contributed by atoms with Crippen LogP contribution in [0.25, 0.3) is 111 Å². The minimum absolute atomic E-state index is 0.909. The third-order valence-corrected chi connectivity index (χ3v) is 14.2. The average Bonchev–Trinajstić information content (AvgIpc) is 4.02. The van der Waals surface area contributed by atoms with Crippen molar-refractivity contribution in [3.63, 3.8) is 0 Å². The minimum Gasteiger partial charge on any atom is -0.456 e. The molecule has 0 aliphatic carbocycles. The topological polar surface area (TPSA) is 29.5 Å². The van der Waals surface area contributed by atoms with E-state index in [9.17, 15) is 0 Å². The minimum atomic E-state index is 0.909. The Labute approximate surface area is 419 Å². The van der Waals surface area contributed by atoms with E-state index in [2.05, 4.69) is 242 Å². The van der Waals surface area contributed by atoms with Crippen molar-refractivity contribution in [3.05, 3.63) is 260 Å². The lowest BCUT2D eigenvalue weighted by molar-refractivity contribution is 0.668. The van der Waals surface area contributed by atoms with Gasteiger partial charge in [0.1, 0.15) is 22.3 Å². The normalized spacial score (nSPS) is 11.5. The Hall–Kier alpha value is -9.18. The summed E-state index contributed by atoms with van der Waals surface area (Å²) in [4.78, 5) is 2.37. The second-order valence-corrected chi connectivity index (χ2v) is 18.8. The molecular weight excluding hydrogens is 875 g/mol. The predicted molar refractivity (Wildman–Crippen MR) is 302 cm³/mol. The summed E-state index contributed by atoms with van der Waals surface area (Å²) in [5.74, 6) is 0. The summed E-state index contributed by atoms with van der Waals surface area (Å²) in [6.07, 6.45) is 2.21. The van der Waals surface area contributed by atoms with Crippen LogP contribution in [0.2, 0.25) is 0 Å². The molecule has 72 heavy (non-hydrogen) atoms. The van der Waals surface area contributed by atoms with Crippen LogP contribution in [0.4, 0.5) is 17.1 Å². The Morgan fingerprint density at radius 3 is 1.11 bits per heavy atom. The first-order valence-electron chi connectivity index (χ1n) is 24.9. The number of anilines is 3. The number of fused-ring (bicyclic) bond motifs is 6. The maximum absolute atomic E-state index is 6.11. The quantitative estimate of drug-likeness (QED) is 0.129. The highest BCUT2D eigenvalue weighted by Crippen LogP contribution is 2.41. The molecule has 2 aromatic heterocycles. The number of nitrogens with zero attached hydrogens (tertiary/aromatic N) is 1. The number of aryl methyl sites for hydroxylation is 1. The summed E-state index contributed by atoms with van der Waals surface area (Å²) in [7, 11) is 0. The highest BCUT2D eigenvalue weighted by molar-refractivity contribution is 6.07. The van der Waals surface area contributed by atoms with Crippen molar-refractivity contribution in [1.29, 1.82) is 0 Å². The van der Waals surface area contributed by atoms with Crippen LogP contribution in [0.5, 0.6) is 0 Å². The summed E-state index contributed by atoms with van der Waals surface area (Å²) < 4.78 is 12.2. The van der Waals surface area contributed by atoms with Gasteiger partial charge in [0.15, 0.2) is 0 Å². The van der Waals surface area contributed by atoms with Crippen molar-refractivity contribution in [3.8, 4) is 66.8 Å². The maximum Gasteiger partial charge on any atom is 0.135 e. The van der Waals surface area contributed by atoms with Crippen molar-refractivity contribution in [2.75, 3.05) is 4.90 Å². The van der Waals surface area contributed by atoms with Crippen LogP contribution in [0.15, 0.2) is 264 Å². The predicted octanol–water partition coefficient (Wildman–Crippen LogP) is 19.9. The van der Waals surface area contributed by atoms with Crippen LogP contribution in [-0.4, -0.2) is 0 Å². The van der Waals surface area contributed by atoms with E-state index in [1.165, 1.54) is 55.6 Å². The summed E-state index contributed by atoms with van der Waals surface area (Å²) in [5, 5.41) is 4.55. The van der Waals surface area contributed by atoms with Crippen LogP contribution < -0.4 is 4.90 Å². The smallest absolute Gasteiger partial charge is 0.135 e. The van der Waals surface area contributed by atoms with E-state index in [0.29, 0.717) is 0 Å².